The van der Waals surface area contributed by atoms with Gasteiger partial charge in [0, 0.05) is 12.2 Å². The third-order valence-corrected chi connectivity index (χ3v) is 1.49. The van der Waals surface area contributed by atoms with E-state index in [9.17, 15) is 4.39 Å². The lowest BCUT2D eigenvalue weighted by Gasteiger charge is -2.06. The predicted octanol–water partition coefficient (Wildman–Crippen LogP) is 1.44. The van der Waals surface area contributed by atoms with Gasteiger partial charge in [0.05, 0.1) is 12.4 Å². The van der Waals surface area contributed by atoms with Gasteiger partial charge in [-0.15, -0.1) is 0 Å². The summed E-state index contributed by atoms with van der Waals surface area (Å²) in [6.07, 6.45) is 2.00. The highest BCUT2D eigenvalue weighted by Gasteiger charge is 2.04. The van der Waals surface area contributed by atoms with Gasteiger partial charge in [-0.25, -0.2) is 0 Å². The van der Waals surface area contributed by atoms with Crippen LogP contribution in [0.5, 0.6) is 0 Å². The van der Waals surface area contributed by atoms with Crippen LogP contribution in [-0.4, -0.2) is 11.7 Å². The normalized spacial score (nSPS) is 12.9. The standard InChI is InChI=1S/C8H11FN2/c9-5-4-7(10)8-3-1-2-6-11-8/h1-3,6-7H,4-5,10H2/t7-/m1/s1. The van der Waals surface area contributed by atoms with Gasteiger partial charge in [-0.1, -0.05) is 6.07 Å². The van der Waals surface area contributed by atoms with E-state index in [1.165, 1.54) is 0 Å². The van der Waals surface area contributed by atoms with Gasteiger partial charge >= 0.3 is 0 Å². The fraction of sp³-hybridized carbons (Fsp3) is 0.375. The van der Waals surface area contributed by atoms with Crippen LogP contribution < -0.4 is 5.73 Å². The molecular weight excluding hydrogens is 143 g/mol. The number of pyridine rings is 1. The Morgan fingerprint density at radius 3 is 2.91 bits per heavy atom. The molecule has 0 aliphatic carbocycles. The second-order valence-electron chi connectivity index (χ2n) is 2.34. The van der Waals surface area contributed by atoms with E-state index in [0.717, 1.165) is 5.69 Å². The van der Waals surface area contributed by atoms with Gasteiger partial charge in [-0.2, -0.15) is 0 Å². The van der Waals surface area contributed by atoms with Crippen LogP contribution in [0.2, 0.25) is 0 Å². The van der Waals surface area contributed by atoms with E-state index in [4.69, 9.17) is 5.73 Å². The SMILES string of the molecule is N[C@H](CCF)c1ccccn1. The highest BCUT2D eigenvalue weighted by molar-refractivity contribution is 5.07. The molecule has 11 heavy (non-hydrogen) atoms. The number of nitrogens with zero attached hydrogens (tertiary/aromatic N) is 1. The summed E-state index contributed by atoms with van der Waals surface area (Å²) in [6, 6.07) is 5.20. The molecule has 2 N–H and O–H groups in total. The fourth-order valence-corrected chi connectivity index (χ4v) is 0.861. The first-order chi connectivity index (χ1) is 5.34. The molecule has 60 valence electrons. The largest absolute Gasteiger partial charge is 0.323 e. The second kappa shape index (κ2) is 4.03. The quantitative estimate of drug-likeness (QED) is 0.715. The van der Waals surface area contributed by atoms with Crippen molar-refractivity contribution in [3.63, 3.8) is 0 Å². The number of hydrogen-bond donors (Lipinski definition) is 1. The minimum Gasteiger partial charge on any atom is -0.323 e. The minimum atomic E-state index is -0.391. The molecule has 0 unspecified atom stereocenters. The van der Waals surface area contributed by atoms with Crippen LogP contribution in [0, 0.1) is 0 Å². The van der Waals surface area contributed by atoms with E-state index in [-0.39, 0.29) is 6.04 Å². The maximum Gasteiger partial charge on any atom is 0.0913 e. The summed E-state index contributed by atoms with van der Waals surface area (Å²) in [5, 5.41) is 0. The maximum absolute atomic E-state index is 11.8. The molecule has 3 heteroatoms. The minimum absolute atomic E-state index is 0.263. The Bertz CT molecular complexity index is 201. The first-order valence-corrected chi connectivity index (χ1v) is 3.57. The molecule has 1 atom stereocenters. The van der Waals surface area contributed by atoms with Crippen molar-refractivity contribution in [3.05, 3.63) is 30.1 Å². The molecule has 1 aromatic rings. The number of hydrogen-bond acceptors (Lipinski definition) is 2. The predicted molar refractivity (Wildman–Crippen MR) is 41.8 cm³/mol. The molecule has 0 spiro atoms. The maximum atomic E-state index is 11.8. The van der Waals surface area contributed by atoms with Gasteiger partial charge in [0.1, 0.15) is 0 Å². The van der Waals surface area contributed by atoms with Gasteiger partial charge in [-0.05, 0) is 18.6 Å². The summed E-state index contributed by atoms with van der Waals surface area (Å²) in [4.78, 5) is 4.01. The van der Waals surface area contributed by atoms with Crippen molar-refractivity contribution in [1.29, 1.82) is 0 Å². The lowest BCUT2D eigenvalue weighted by atomic mass is 10.1. The van der Waals surface area contributed by atoms with Crippen LogP contribution >= 0.6 is 0 Å². The Morgan fingerprint density at radius 2 is 2.36 bits per heavy atom. The van der Waals surface area contributed by atoms with E-state index in [2.05, 4.69) is 4.98 Å². The van der Waals surface area contributed by atoms with E-state index in [1.54, 1.807) is 12.3 Å². The van der Waals surface area contributed by atoms with Crippen molar-refractivity contribution in [2.75, 3.05) is 6.67 Å². The van der Waals surface area contributed by atoms with Crippen molar-refractivity contribution in [2.24, 2.45) is 5.73 Å². The highest BCUT2D eigenvalue weighted by atomic mass is 19.1. The summed E-state index contributed by atoms with van der Waals surface area (Å²) < 4.78 is 11.8. The molecule has 0 aliphatic rings. The zero-order chi connectivity index (χ0) is 8.10. The van der Waals surface area contributed by atoms with Crippen molar-refractivity contribution < 1.29 is 4.39 Å². The van der Waals surface area contributed by atoms with Crippen LogP contribution in [0.25, 0.3) is 0 Å². The lowest BCUT2D eigenvalue weighted by molar-refractivity contribution is 0.438. The van der Waals surface area contributed by atoms with Crippen molar-refractivity contribution in [3.8, 4) is 0 Å². The Morgan fingerprint density at radius 1 is 1.55 bits per heavy atom. The average molecular weight is 154 g/mol. The van der Waals surface area contributed by atoms with E-state index >= 15 is 0 Å². The fourth-order valence-electron chi connectivity index (χ4n) is 0.861. The lowest BCUT2D eigenvalue weighted by Crippen LogP contribution is -2.12. The second-order valence-corrected chi connectivity index (χ2v) is 2.34. The van der Waals surface area contributed by atoms with E-state index in [0.29, 0.717) is 6.42 Å². The van der Waals surface area contributed by atoms with Crippen LogP contribution in [0.1, 0.15) is 18.2 Å². The Kier molecular flexibility index (Phi) is 2.98. The van der Waals surface area contributed by atoms with Crippen LogP contribution in [0.4, 0.5) is 4.39 Å². The average Bonchev–Trinajstić information content (AvgIpc) is 2.07. The number of rotatable bonds is 3. The summed E-state index contributed by atoms with van der Waals surface area (Å²) >= 11 is 0. The molecule has 0 amide bonds. The first kappa shape index (κ1) is 8.14. The Balaban J connectivity index is 2.61. The third-order valence-electron chi connectivity index (χ3n) is 1.49. The van der Waals surface area contributed by atoms with Crippen LogP contribution in [-0.2, 0) is 0 Å². The number of nitrogens with two attached hydrogens (primary N) is 1. The Labute approximate surface area is 65.3 Å². The topological polar surface area (TPSA) is 38.9 Å². The first-order valence-electron chi connectivity index (χ1n) is 3.57. The molecular formula is C8H11FN2. The zero-order valence-corrected chi connectivity index (χ0v) is 6.20. The van der Waals surface area contributed by atoms with Gasteiger partial charge in [0.25, 0.3) is 0 Å². The molecule has 0 aliphatic heterocycles. The van der Waals surface area contributed by atoms with Gasteiger partial charge in [0.2, 0.25) is 0 Å². The molecule has 0 radical (unpaired) electrons. The van der Waals surface area contributed by atoms with Crippen molar-refractivity contribution in [1.82, 2.24) is 4.98 Å². The molecule has 1 rings (SSSR count). The smallest absolute Gasteiger partial charge is 0.0913 e. The summed E-state index contributed by atoms with van der Waals surface area (Å²) in [6.45, 7) is -0.391. The highest BCUT2D eigenvalue weighted by Crippen LogP contribution is 2.09. The van der Waals surface area contributed by atoms with Gasteiger partial charge in [0.15, 0.2) is 0 Å². The van der Waals surface area contributed by atoms with Gasteiger partial charge in [-0.3, -0.25) is 9.37 Å². The molecule has 1 aromatic heterocycles. The molecule has 2 nitrogen and oxygen atoms in total. The van der Waals surface area contributed by atoms with Crippen molar-refractivity contribution >= 4 is 0 Å². The van der Waals surface area contributed by atoms with E-state index in [1.807, 2.05) is 12.1 Å². The van der Waals surface area contributed by atoms with Gasteiger partial charge < -0.3 is 5.73 Å². The molecule has 0 bridgehead atoms. The Hall–Kier alpha value is -0.960. The van der Waals surface area contributed by atoms with Crippen LogP contribution in [0.3, 0.4) is 0 Å². The summed E-state index contributed by atoms with van der Waals surface area (Å²) in [5.41, 5.74) is 6.36. The van der Waals surface area contributed by atoms with Crippen LogP contribution in [0.15, 0.2) is 24.4 Å². The number of halogens is 1. The molecule has 0 fully saturated rings. The molecule has 1 heterocycles. The third kappa shape index (κ3) is 2.27. The number of alkyl halides is 1. The monoisotopic (exact) mass is 154 g/mol. The zero-order valence-electron chi connectivity index (χ0n) is 6.20. The summed E-state index contributed by atoms with van der Waals surface area (Å²) in [5.74, 6) is 0. The molecule has 0 saturated heterocycles. The van der Waals surface area contributed by atoms with E-state index < -0.39 is 6.67 Å². The molecule has 0 aromatic carbocycles. The van der Waals surface area contributed by atoms with Crippen molar-refractivity contribution in [2.45, 2.75) is 12.5 Å². The number of aromatic nitrogens is 1. The summed E-state index contributed by atoms with van der Waals surface area (Å²) in [7, 11) is 0. The molecule has 0 saturated carbocycles.